The van der Waals surface area contributed by atoms with Gasteiger partial charge < -0.3 is 10.1 Å². The van der Waals surface area contributed by atoms with Crippen LogP contribution in [0.15, 0.2) is 23.6 Å². The van der Waals surface area contributed by atoms with Gasteiger partial charge in [-0.2, -0.15) is 5.10 Å². The van der Waals surface area contributed by atoms with Crippen molar-refractivity contribution < 1.29 is 9.53 Å². The SMILES string of the molecule is COC(CNC(=O)c1cc2n(n1)CCN(C(C)C)C2)c1cccs1. The number of nitrogens with one attached hydrogen (secondary N) is 1. The van der Waals surface area contributed by atoms with E-state index >= 15 is 0 Å². The zero-order valence-electron chi connectivity index (χ0n) is 14.4. The molecule has 130 valence electrons. The lowest BCUT2D eigenvalue weighted by Gasteiger charge is -2.30. The molecule has 0 spiro atoms. The first-order valence-electron chi connectivity index (χ1n) is 8.23. The van der Waals surface area contributed by atoms with Gasteiger partial charge in [0.2, 0.25) is 0 Å². The van der Waals surface area contributed by atoms with Crippen LogP contribution in [0.5, 0.6) is 0 Å². The number of carbonyl (C=O) groups excluding carboxylic acids is 1. The van der Waals surface area contributed by atoms with Gasteiger partial charge in [-0.05, 0) is 31.4 Å². The highest BCUT2D eigenvalue weighted by molar-refractivity contribution is 7.10. The summed E-state index contributed by atoms with van der Waals surface area (Å²) in [5.74, 6) is -0.147. The van der Waals surface area contributed by atoms with Crippen LogP contribution in [0.2, 0.25) is 0 Å². The van der Waals surface area contributed by atoms with Gasteiger partial charge in [0.25, 0.3) is 5.91 Å². The first-order valence-corrected chi connectivity index (χ1v) is 9.11. The van der Waals surface area contributed by atoms with Crippen LogP contribution in [-0.4, -0.2) is 46.8 Å². The summed E-state index contributed by atoms with van der Waals surface area (Å²) in [5.41, 5.74) is 1.58. The Bertz CT molecular complexity index is 681. The Labute approximate surface area is 146 Å². The lowest BCUT2D eigenvalue weighted by molar-refractivity contribution is 0.0833. The molecule has 1 aliphatic rings. The average Bonchev–Trinajstić information content (AvgIpc) is 3.24. The van der Waals surface area contributed by atoms with Crippen LogP contribution in [0.3, 0.4) is 0 Å². The first kappa shape index (κ1) is 17.1. The fourth-order valence-electron chi connectivity index (χ4n) is 2.89. The smallest absolute Gasteiger partial charge is 0.271 e. The van der Waals surface area contributed by atoms with Crippen molar-refractivity contribution in [2.24, 2.45) is 0 Å². The predicted molar refractivity (Wildman–Crippen MR) is 94.2 cm³/mol. The van der Waals surface area contributed by atoms with E-state index < -0.39 is 0 Å². The van der Waals surface area contributed by atoms with E-state index in [0.717, 1.165) is 30.2 Å². The Hall–Kier alpha value is -1.70. The van der Waals surface area contributed by atoms with Crippen molar-refractivity contribution in [3.05, 3.63) is 39.8 Å². The summed E-state index contributed by atoms with van der Waals surface area (Å²) in [5, 5.41) is 9.39. The van der Waals surface area contributed by atoms with Crippen molar-refractivity contribution in [1.82, 2.24) is 20.0 Å². The molecule has 2 aromatic heterocycles. The largest absolute Gasteiger partial charge is 0.374 e. The van der Waals surface area contributed by atoms with Crippen molar-refractivity contribution in [2.75, 3.05) is 20.2 Å². The summed E-state index contributed by atoms with van der Waals surface area (Å²) >= 11 is 1.63. The molecule has 0 aliphatic carbocycles. The van der Waals surface area contributed by atoms with Gasteiger partial charge in [-0.3, -0.25) is 14.4 Å². The number of ether oxygens (including phenoxy) is 1. The van der Waals surface area contributed by atoms with E-state index in [1.165, 1.54) is 0 Å². The zero-order valence-corrected chi connectivity index (χ0v) is 15.2. The van der Waals surface area contributed by atoms with Gasteiger partial charge >= 0.3 is 0 Å². The number of aromatic nitrogens is 2. The van der Waals surface area contributed by atoms with Crippen LogP contribution in [0.4, 0.5) is 0 Å². The van der Waals surface area contributed by atoms with Gasteiger partial charge in [0.1, 0.15) is 11.8 Å². The fraction of sp³-hybridized carbons (Fsp3) is 0.529. The van der Waals surface area contributed by atoms with Crippen molar-refractivity contribution >= 4 is 17.2 Å². The molecular formula is C17H24N4O2S. The van der Waals surface area contributed by atoms with Gasteiger partial charge in [-0.1, -0.05) is 6.07 Å². The predicted octanol–water partition coefficient (Wildman–Crippen LogP) is 2.29. The van der Waals surface area contributed by atoms with E-state index in [1.54, 1.807) is 18.4 Å². The number of nitrogens with zero attached hydrogens (tertiary/aromatic N) is 3. The number of methoxy groups -OCH3 is 1. The number of carbonyl (C=O) groups is 1. The maximum absolute atomic E-state index is 12.4. The Morgan fingerprint density at radius 1 is 1.46 bits per heavy atom. The number of hydrogen-bond donors (Lipinski definition) is 1. The number of amides is 1. The molecule has 3 heterocycles. The standard InChI is InChI=1S/C17H24N4O2S/c1-12(2)20-6-7-21-13(11-20)9-14(19-21)17(22)18-10-15(23-3)16-5-4-8-24-16/h4-5,8-9,12,15H,6-7,10-11H2,1-3H3,(H,18,22). The monoisotopic (exact) mass is 348 g/mol. The molecule has 3 rings (SSSR count). The molecule has 0 saturated carbocycles. The quantitative estimate of drug-likeness (QED) is 0.870. The van der Waals surface area contributed by atoms with Gasteiger partial charge in [-0.25, -0.2) is 0 Å². The van der Waals surface area contributed by atoms with E-state index in [9.17, 15) is 4.79 Å². The van der Waals surface area contributed by atoms with Gasteiger partial charge in [-0.15, -0.1) is 11.3 Å². The molecular weight excluding hydrogens is 324 g/mol. The number of thiophene rings is 1. The van der Waals surface area contributed by atoms with E-state index in [0.29, 0.717) is 18.3 Å². The third-order valence-electron chi connectivity index (χ3n) is 4.38. The number of rotatable bonds is 6. The minimum Gasteiger partial charge on any atom is -0.374 e. The Kier molecular flexibility index (Phi) is 5.33. The zero-order chi connectivity index (χ0) is 17.1. The highest BCUT2D eigenvalue weighted by Crippen LogP contribution is 2.21. The third-order valence-corrected chi connectivity index (χ3v) is 5.35. The molecule has 1 N–H and O–H groups in total. The molecule has 1 aliphatic heterocycles. The Morgan fingerprint density at radius 3 is 2.96 bits per heavy atom. The van der Waals surface area contributed by atoms with Gasteiger partial charge in [0.05, 0.1) is 12.2 Å². The van der Waals surface area contributed by atoms with Crippen LogP contribution in [0.1, 0.15) is 41.0 Å². The maximum Gasteiger partial charge on any atom is 0.271 e. The summed E-state index contributed by atoms with van der Waals surface area (Å²) in [6.45, 7) is 7.46. The topological polar surface area (TPSA) is 59.4 Å². The summed E-state index contributed by atoms with van der Waals surface area (Å²) in [6.07, 6.45) is -0.123. The Balaban J connectivity index is 1.62. The fourth-order valence-corrected chi connectivity index (χ4v) is 3.69. The minimum absolute atomic E-state index is 0.123. The summed E-state index contributed by atoms with van der Waals surface area (Å²) in [7, 11) is 1.66. The molecule has 7 heteroatoms. The van der Waals surface area contributed by atoms with E-state index in [-0.39, 0.29) is 12.0 Å². The van der Waals surface area contributed by atoms with Crippen LogP contribution >= 0.6 is 11.3 Å². The molecule has 1 amide bonds. The molecule has 1 unspecified atom stereocenters. The van der Waals surface area contributed by atoms with Crippen molar-refractivity contribution in [3.8, 4) is 0 Å². The van der Waals surface area contributed by atoms with Crippen molar-refractivity contribution in [1.29, 1.82) is 0 Å². The first-order chi connectivity index (χ1) is 11.6. The number of hydrogen-bond acceptors (Lipinski definition) is 5. The Morgan fingerprint density at radius 2 is 2.29 bits per heavy atom. The molecule has 0 aromatic carbocycles. The van der Waals surface area contributed by atoms with E-state index in [4.69, 9.17) is 4.74 Å². The summed E-state index contributed by atoms with van der Waals surface area (Å²) in [6, 6.07) is 6.40. The summed E-state index contributed by atoms with van der Waals surface area (Å²) < 4.78 is 7.41. The van der Waals surface area contributed by atoms with Crippen molar-refractivity contribution in [2.45, 2.75) is 39.1 Å². The second-order valence-corrected chi connectivity index (χ2v) is 7.24. The van der Waals surface area contributed by atoms with E-state index in [1.807, 2.05) is 28.3 Å². The van der Waals surface area contributed by atoms with Crippen LogP contribution in [-0.2, 0) is 17.8 Å². The van der Waals surface area contributed by atoms with Crippen LogP contribution in [0.25, 0.3) is 0 Å². The molecule has 0 fully saturated rings. The minimum atomic E-state index is -0.147. The van der Waals surface area contributed by atoms with Crippen molar-refractivity contribution in [3.63, 3.8) is 0 Å². The molecule has 2 aromatic rings. The lowest BCUT2D eigenvalue weighted by atomic mass is 10.2. The van der Waals surface area contributed by atoms with Gasteiger partial charge in [0, 0.05) is 37.7 Å². The second-order valence-electron chi connectivity index (χ2n) is 6.26. The molecule has 6 nitrogen and oxygen atoms in total. The summed E-state index contributed by atoms with van der Waals surface area (Å²) in [4.78, 5) is 15.9. The lowest BCUT2D eigenvalue weighted by Crippen LogP contribution is -2.38. The highest BCUT2D eigenvalue weighted by Gasteiger charge is 2.22. The third kappa shape index (κ3) is 3.68. The van der Waals surface area contributed by atoms with Crippen LogP contribution in [0, 0.1) is 0 Å². The van der Waals surface area contributed by atoms with Gasteiger partial charge in [0.15, 0.2) is 0 Å². The second kappa shape index (κ2) is 7.46. The number of fused-ring (bicyclic) bond motifs is 1. The molecule has 0 radical (unpaired) electrons. The molecule has 0 bridgehead atoms. The maximum atomic E-state index is 12.4. The average molecular weight is 348 g/mol. The van der Waals surface area contributed by atoms with E-state index in [2.05, 4.69) is 29.2 Å². The molecule has 24 heavy (non-hydrogen) atoms. The normalized spacial score (nSPS) is 16.2. The molecule has 0 saturated heterocycles. The van der Waals surface area contributed by atoms with Crippen LogP contribution < -0.4 is 5.32 Å². The highest BCUT2D eigenvalue weighted by atomic mass is 32.1. The molecule has 1 atom stereocenters.